The van der Waals surface area contributed by atoms with E-state index in [2.05, 4.69) is 0 Å². The van der Waals surface area contributed by atoms with E-state index in [1.54, 1.807) is 24.3 Å². The van der Waals surface area contributed by atoms with Crippen molar-refractivity contribution in [3.05, 3.63) is 60.3 Å². The normalized spacial score (nSPS) is 11.2. The molecule has 0 saturated carbocycles. The van der Waals surface area contributed by atoms with E-state index < -0.39 is 0 Å². The molecule has 4 rings (SSSR count). The Morgan fingerprint density at radius 2 is 1.71 bits per heavy atom. The molecule has 2 aromatic carbocycles. The van der Waals surface area contributed by atoms with Gasteiger partial charge in [0.25, 0.3) is 0 Å². The highest BCUT2D eigenvalue weighted by molar-refractivity contribution is 6.02. The minimum absolute atomic E-state index is 0.212. The maximum absolute atomic E-state index is 10.0. The lowest BCUT2D eigenvalue weighted by molar-refractivity contribution is 0.474. The van der Waals surface area contributed by atoms with Gasteiger partial charge in [0, 0.05) is 24.2 Å². The zero-order chi connectivity index (χ0) is 16.8. The highest BCUT2D eigenvalue weighted by Gasteiger charge is 2.21. The summed E-state index contributed by atoms with van der Waals surface area (Å²) in [5.41, 5.74) is 4.45. The molecule has 0 aliphatic carbocycles. The molecule has 0 fully saturated rings. The molecule has 0 aliphatic heterocycles. The molecular weight excluding hydrogens is 302 g/mol. The van der Waals surface area contributed by atoms with Crippen LogP contribution in [0.4, 0.5) is 0 Å². The van der Waals surface area contributed by atoms with Crippen molar-refractivity contribution in [2.45, 2.75) is 6.92 Å². The van der Waals surface area contributed by atoms with Gasteiger partial charge in [-0.15, -0.1) is 0 Å². The zero-order valence-electron chi connectivity index (χ0n) is 13.4. The summed E-state index contributed by atoms with van der Waals surface area (Å²) in [5, 5.41) is 20.5. The second-order valence-electron chi connectivity index (χ2n) is 6.00. The molecule has 4 nitrogen and oxygen atoms in total. The Hall–Kier alpha value is -3.14. The molecule has 0 aliphatic rings. The molecule has 120 valence electrons. The summed E-state index contributed by atoms with van der Waals surface area (Å²) in [7, 11) is 1.98. The molecule has 2 N–H and O–H groups in total. The van der Waals surface area contributed by atoms with E-state index in [4.69, 9.17) is 4.42 Å². The van der Waals surface area contributed by atoms with Crippen LogP contribution in [0.1, 0.15) is 5.56 Å². The van der Waals surface area contributed by atoms with E-state index in [1.807, 2.05) is 49.0 Å². The first kappa shape index (κ1) is 14.5. The van der Waals surface area contributed by atoms with Gasteiger partial charge in [0.15, 0.2) is 0 Å². The van der Waals surface area contributed by atoms with Gasteiger partial charge < -0.3 is 19.2 Å². The van der Waals surface area contributed by atoms with Crippen molar-refractivity contribution in [2.75, 3.05) is 0 Å². The average molecular weight is 319 g/mol. The largest absolute Gasteiger partial charge is 0.508 e. The molecule has 0 saturated heterocycles. The first-order valence-electron chi connectivity index (χ1n) is 7.72. The molecule has 0 amide bonds. The van der Waals surface area contributed by atoms with Crippen LogP contribution in [0.5, 0.6) is 11.5 Å². The van der Waals surface area contributed by atoms with Crippen LogP contribution in [-0.4, -0.2) is 14.8 Å². The molecule has 0 bridgehead atoms. The quantitative estimate of drug-likeness (QED) is 0.556. The number of nitrogens with zero attached hydrogens (tertiary/aromatic N) is 1. The molecule has 0 radical (unpaired) electrons. The number of phenols is 2. The standard InChI is InChI=1S/C20H17NO3/c1-12-10-15(23)11-16-18(17-4-3-9-21(17)2)20(24-19(12)16)13-5-7-14(22)8-6-13/h3-11,22-23H,1-2H3. The summed E-state index contributed by atoms with van der Waals surface area (Å²) >= 11 is 0. The van der Waals surface area contributed by atoms with E-state index >= 15 is 0 Å². The molecule has 2 heterocycles. The predicted molar refractivity (Wildman–Crippen MR) is 94.1 cm³/mol. The SMILES string of the molecule is Cc1cc(O)cc2c(-c3cccn3C)c(-c3ccc(O)cc3)oc12. The Balaban J connectivity index is 2.11. The number of aromatic hydroxyl groups is 2. The fourth-order valence-corrected chi connectivity index (χ4v) is 3.14. The van der Waals surface area contributed by atoms with Gasteiger partial charge in [0.2, 0.25) is 0 Å². The fraction of sp³-hybridized carbons (Fsp3) is 0.100. The van der Waals surface area contributed by atoms with Crippen molar-refractivity contribution in [1.82, 2.24) is 4.57 Å². The van der Waals surface area contributed by atoms with Crippen LogP contribution in [-0.2, 0) is 7.05 Å². The fourth-order valence-electron chi connectivity index (χ4n) is 3.14. The van der Waals surface area contributed by atoms with E-state index in [0.717, 1.165) is 39.1 Å². The molecule has 0 atom stereocenters. The van der Waals surface area contributed by atoms with Crippen molar-refractivity contribution in [3.63, 3.8) is 0 Å². The Labute approximate surface area is 139 Å². The van der Waals surface area contributed by atoms with Gasteiger partial charge in [-0.25, -0.2) is 0 Å². The van der Waals surface area contributed by atoms with E-state index in [0.29, 0.717) is 0 Å². The number of aryl methyl sites for hydroxylation is 2. The van der Waals surface area contributed by atoms with Gasteiger partial charge in [-0.1, -0.05) is 0 Å². The Bertz CT molecular complexity index is 1040. The number of hydrogen-bond donors (Lipinski definition) is 2. The number of furan rings is 1. The summed E-state index contributed by atoms with van der Waals surface area (Å²) in [6.45, 7) is 1.92. The summed E-state index contributed by atoms with van der Waals surface area (Å²) in [6, 6.07) is 14.4. The predicted octanol–water partition coefficient (Wildman–Crippen LogP) is 4.82. The number of aromatic nitrogens is 1. The number of fused-ring (bicyclic) bond motifs is 1. The van der Waals surface area contributed by atoms with E-state index in [-0.39, 0.29) is 11.5 Å². The third kappa shape index (κ3) is 2.15. The number of hydrogen-bond acceptors (Lipinski definition) is 3. The van der Waals surface area contributed by atoms with Crippen LogP contribution >= 0.6 is 0 Å². The van der Waals surface area contributed by atoms with Gasteiger partial charge in [0.05, 0.1) is 11.3 Å². The lowest BCUT2D eigenvalue weighted by Gasteiger charge is -2.06. The minimum atomic E-state index is 0.212. The average Bonchev–Trinajstić information content (AvgIpc) is 3.11. The zero-order valence-corrected chi connectivity index (χ0v) is 13.4. The monoisotopic (exact) mass is 319 g/mol. The Morgan fingerprint density at radius 3 is 2.38 bits per heavy atom. The second kappa shape index (κ2) is 5.20. The third-order valence-corrected chi connectivity index (χ3v) is 4.29. The lowest BCUT2D eigenvalue weighted by Crippen LogP contribution is -1.90. The lowest BCUT2D eigenvalue weighted by atomic mass is 10.0. The van der Waals surface area contributed by atoms with Crippen LogP contribution in [0, 0.1) is 6.92 Å². The van der Waals surface area contributed by atoms with Gasteiger partial charge in [-0.3, -0.25) is 0 Å². The number of benzene rings is 2. The highest BCUT2D eigenvalue weighted by atomic mass is 16.3. The second-order valence-corrected chi connectivity index (χ2v) is 6.00. The topological polar surface area (TPSA) is 58.5 Å². The van der Waals surface area contributed by atoms with Crippen LogP contribution in [0.2, 0.25) is 0 Å². The first-order chi connectivity index (χ1) is 11.5. The Morgan fingerprint density at radius 1 is 0.958 bits per heavy atom. The third-order valence-electron chi connectivity index (χ3n) is 4.29. The summed E-state index contributed by atoms with van der Waals surface area (Å²) in [4.78, 5) is 0. The maximum Gasteiger partial charge on any atom is 0.144 e. The highest BCUT2D eigenvalue weighted by Crippen LogP contribution is 2.43. The van der Waals surface area contributed by atoms with Crippen molar-refractivity contribution < 1.29 is 14.6 Å². The van der Waals surface area contributed by atoms with Crippen molar-refractivity contribution in [2.24, 2.45) is 7.05 Å². The van der Waals surface area contributed by atoms with Crippen molar-refractivity contribution in [1.29, 1.82) is 0 Å². The molecule has 4 aromatic rings. The van der Waals surface area contributed by atoms with E-state index in [9.17, 15) is 10.2 Å². The van der Waals surface area contributed by atoms with Crippen LogP contribution in [0.15, 0.2) is 59.1 Å². The first-order valence-corrected chi connectivity index (χ1v) is 7.72. The van der Waals surface area contributed by atoms with Gasteiger partial charge >= 0.3 is 0 Å². The molecular formula is C20H17NO3. The summed E-state index contributed by atoms with van der Waals surface area (Å²) in [6.07, 6.45) is 1.98. The van der Waals surface area contributed by atoms with Crippen LogP contribution < -0.4 is 0 Å². The molecule has 24 heavy (non-hydrogen) atoms. The number of rotatable bonds is 2. The smallest absolute Gasteiger partial charge is 0.144 e. The number of phenolic OH excluding ortho intramolecular Hbond substituents is 2. The van der Waals surface area contributed by atoms with E-state index in [1.165, 1.54) is 0 Å². The molecule has 0 spiro atoms. The maximum atomic E-state index is 10.0. The van der Waals surface area contributed by atoms with Gasteiger partial charge in [-0.05, 0) is 61.0 Å². The van der Waals surface area contributed by atoms with Crippen molar-refractivity contribution in [3.8, 4) is 34.1 Å². The van der Waals surface area contributed by atoms with Crippen LogP contribution in [0.25, 0.3) is 33.6 Å². The molecule has 0 unspecified atom stereocenters. The summed E-state index contributed by atoms with van der Waals surface area (Å²) in [5.74, 6) is 1.15. The molecule has 2 aromatic heterocycles. The summed E-state index contributed by atoms with van der Waals surface area (Å²) < 4.78 is 8.21. The Kier molecular flexibility index (Phi) is 3.13. The van der Waals surface area contributed by atoms with Gasteiger partial charge in [0.1, 0.15) is 22.8 Å². The van der Waals surface area contributed by atoms with Crippen LogP contribution in [0.3, 0.4) is 0 Å². The minimum Gasteiger partial charge on any atom is -0.508 e. The van der Waals surface area contributed by atoms with Crippen molar-refractivity contribution >= 4 is 11.0 Å². The molecule has 4 heteroatoms. The van der Waals surface area contributed by atoms with Gasteiger partial charge in [-0.2, -0.15) is 0 Å².